The van der Waals surface area contributed by atoms with Crippen LogP contribution in [0.2, 0.25) is 0 Å². The van der Waals surface area contributed by atoms with Crippen molar-refractivity contribution in [1.29, 1.82) is 0 Å². The number of hydrogen-bond donors (Lipinski definition) is 1. The van der Waals surface area contributed by atoms with Gasteiger partial charge in [-0.3, -0.25) is 4.79 Å². The maximum atomic E-state index is 11.8. The summed E-state index contributed by atoms with van der Waals surface area (Å²) < 4.78 is 10.7. The second kappa shape index (κ2) is 6.47. The first kappa shape index (κ1) is 15.2. The number of ether oxygens (including phenoxy) is 2. The largest absolute Gasteiger partial charge is 0.493 e. The smallest absolute Gasteiger partial charge is 0.326 e. The fourth-order valence-corrected chi connectivity index (χ4v) is 2.47. The van der Waals surface area contributed by atoms with Gasteiger partial charge in [0.25, 0.3) is 0 Å². The number of methoxy groups -OCH3 is 1. The molecule has 1 atom stereocenters. The molecule has 0 aromatic heterocycles. The summed E-state index contributed by atoms with van der Waals surface area (Å²) in [6, 6.07) is 4.62. The molecule has 1 saturated heterocycles. The van der Waals surface area contributed by atoms with E-state index in [2.05, 4.69) is 0 Å². The Hall–Kier alpha value is -2.24. The summed E-state index contributed by atoms with van der Waals surface area (Å²) >= 11 is 0. The van der Waals surface area contributed by atoms with Crippen molar-refractivity contribution in [3.63, 3.8) is 0 Å². The number of rotatable bonds is 6. The highest BCUT2D eigenvalue weighted by Crippen LogP contribution is 2.30. The highest BCUT2D eigenvalue weighted by molar-refractivity contribution is 5.87. The number of hydrogen-bond acceptors (Lipinski definition) is 4. The third-order valence-corrected chi connectivity index (χ3v) is 3.49. The van der Waals surface area contributed by atoms with E-state index in [0.29, 0.717) is 24.5 Å². The Bertz CT molecular complexity index is 543. The summed E-state index contributed by atoms with van der Waals surface area (Å²) in [6.45, 7) is 2.64. The van der Waals surface area contributed by atoms with Crippen LogP contribution in [0.25, 0.3) is 0 Å². The van der Waals surface area contributed by atoms with Crippen LogP contribution in [0.15, 0.2) is 18.2 Å². The molecule has 1 fully saturated rings. The average Bonchev–Trinajstić information content (AvgIpc) is 2.81. The molecule has 114 valence electrons. The van der Waals surface area contributed by atoms with E-state index in [1.165, 1.54) is 4.90 Å². The number of carboxylic acid groups (broad SMARTS) is 1. The minimum absolute atomic E-state index is 0.129. The van der Waals surface area contributed by atoms with E-state index >= 15 is 0 Å². The van der Waals surface area contributed by atoms with Crippen molar-refractivity contribution in [3.05, 3.63) is 23.8 Å². The number of carboxylic acids is 1. The van der Waals surface area contributed by atoms with Crippen molar-refractivity contribution in [1.82, 2.24) is 4.90 Å². The van der Waals surface area contributed by atoms with Crippen LogP contribution < -0.4 is 9.47 Å². The molecule has 0 spiro atoms. The molecule has 2 rings (SSSR count). The van der Waals surface area contributed by atoms with Crippen LogP contribution in [-0.4, -0.2) is 41.6 Å². The summed E-state index contributed by atoms with van der Waals surface area (Å²) in [5, 5.41) is 9.16. The normalized spacial score (nSPS) is 17.9. The summed E-state index contributed by atoms with van der Waals surface area (Å²) in [6.07, 6.45) is 0.647. The van der Waals surface area contributed by atoms with E-state index in [1.807, 2.05) is 13.0 Å². The molecule has 1 aliphatic heterocycles. The van der Waals surface area contributed by atoms with Gasteiger partial charge in [-0.25, -0.2) is 4.79 Å². The van der Waals surface area contributed by atoms with Gasteiger partial charge in [0, 0.05) is 13.0 Å². The number of amides is 1. The van der Waals surface area contributed by atoms with Crippen molar-refractivity contribution in [2.45, 2.75) is 32.4 Å². The Morgan fingerprint density at radius 2 is 2.19 bits per heavy atom. The van der Waals surface area contributed by atoms with Gasteiger partial charge in [0.15, 0.2) is 11.5 Å². The SMILES string of the molecule is CCOc1cc(CN2C(=O)CC[C@H]2C(=O)O)ccc1OC. The lowest BCUT2D eigenvalue weighted by molar-refractivity contribution is -0.146. The zero-order valence-electron chi connectivity index (χ0n) is 12.2. The number of aliphatic carboxylic acids is 1. The molecule has 0 saturated carbocycles. The summed E-state index contributed by atoms with van der Waals surface area (Å²) in [7, 11) is 1.56. The number of carbonyl (C=O) groups is 2. The Labute approximate surface area is 123 Å². The second-order valence-corrected chi connectivity index (χ2v) is 4.83. The zero-order valence-corrected chi connectivity index (χ0v) is 12.2. The van der Waals surface area contributed by atoms with Gasteiger partial charge in [-0.05, 0) is 31.0 Å². The quantitative estimate of drug-likeness (QED) is 0.863. The van der Waals surface area contributed by atoms with Crippen molar-refractivity contribution in [2.24, 2.45) is 0 Å². The fraction of sp³-hybridized carbons (Fsp3) is 0.467. The number of nitrogens with zero attached hydrogens (tertiary/aromatic N) is 1. The third kappa shape index (κ3) is 3.26. The number of likely N-dealkylation sites (tertiary alicyclic amines) is 1. The van der Waals surface area contributed by atoms with Crippen LogP contribution in [0, 0.1) is 0 Å². The van der Waals surface area contributed by atoms with Crippen molar-refractivity contribution in [3.8, 4) is 11.5 Å². The summed E-state index contributed by atoms with van der Waals surface area (Å²) in [5.74, 6) is 0.120. The maximum absolute atomic E-state index is 11.8. The third-order valence-electron chi connectivity index (χ3n) is 3.49. The molecule has 1 aromatic rings. The van der Waals surface area contributed by atoms with Crippen molar-refractivity contribution < 1.29 is 24.2 Å². The predicted octanol–water partition coefficient (Wildman–Crippen LogP) is 1.67. The van der Waals surface area contributed by atoms with Crippen molar-refractivity contribution >= 4 is 11.9 Å². The molecule has 1 aliphatic rings. The molecule has 6 heteroatoms. The van der Waals surface area contributed by atoms with Crippen LogP contribution in [-0.2, 0) is 16.1 Å². The molecule has 0 bridgehead atoms. The number of benzene rings is 1. The first-order valence-corrected chi connectivity index (χ1v) is 6.88. The van der Waals surface area contributed by atoms with E-state index in [0.717, 1.165) is 5.56 Å². The lowest BCUT2D eigenvalue weighted by atomic mass is 10.1. The second-order valence-electron chi connectivity index (χ2n) is 4.83. The summed E-state index contributed by atoms with van der Waals surface area (Å²) in [4.78, 5) is 24.4. The average molecular weight is 293 g/mol. The van der Waals surface area contributed by atoms with Crippen molar-refractivity contribution in [2.75, 3.05) is 13.7 Å². The molecule has 0 radical (unpaired) electrons. The molecular weight excluding hydrogens is 274 g/mol. The molecule has 1 heterocycles. The Morgan fingerprint density at radius 3 is 2.81 bits per heavy atom. The Balaban J connectivity index is 2.20. The fourth-order valence-electron chi connectivity index (χ4n) is 2.47. The first-order chi connectivity index (χ1) is 10.1. The minimum atomic E-state index is -0.959. The lowest BCUT2D eigenvalue weighted by Gasteiger charge is -2.22. The standard InChI is InChI=1S/C15H19NO5/c1-3-21-13-8-10(4-6-12(13)20-2)9-16-11(15(18)19)5-7-14(16)17/h4,6,8,11H,3,5,7,9H2,1-2H3,(H,18,19)/t11-/m0/s1. The predicted molar refractivity (Wildman–Crippen MR) is 75.4 cm³/mol. The van der Waals surface area contributed by atoms with Gasteiger partial charge in [-0.2, -0.15) is 0 Å². The topological polar surface area (TPSA) is 76.1 Å². The molecule has 0 unspecified atom stereocenters. The van der Waals surface area contributed by atoms with Crippen LogP contribution in [0.3, 0.4) is 0 Å². The Morgan fingerprint density at radius 1 is 1.43 bits per heavy atom. The molecule has 6 nitrogen and oxygen atoms in total. The first-order valence-electron chi connectivity index (χ1n) is 6.88. The highest BCUT2D eigenvalue weighted by atomic mass is 16.5. The van der Waals surface area contributed by atoms with Gasteiger partial charge in [-0.1, -0.05) is 6.07 Å². The van der Waals surface area contributed by atoms with Gasteiger partial charge in [0.05, 0.1) is 13.7 Å². The van der Waals surface area contributed by atoms with E-state index in [1.54, 1.807) is 19.2 Å². The van der Waals surface area contributed by atoms with Gasteiger partial charge >= 0.3 is 5.97 Å². The van der Waals surface area contributed by atoms with E-state index in [4.69, 9.17) is 14.6 Å². The van der Waals surface area contributed by atoms with Crippen LogP contribution in [0.4, 0.5) is 0 Å². The van der Waals surface area contributed by atoms with Crippen LogP contribution in [0.5, 0.6) is 11.5 Å². The molecule has 0 aliphatic carbocycles. The van der Waals surface area contributed by atoms with Gasteiger partial charge < -0.3 is 19.5 Å². The minimum Gasteiger partial charge on any atom is -0.493 e. The van der Waals surface area contributed by atoms with E-state index < -0.39 is 12.0 Å². The van der Waals surface area contributed by atoms with E-state index in [-0.39, 0.29) is 18.9 Å². The van der Waals surface area contributed by atoms with Crippen LogP contribution in [0.1, 0.15) is 25.3 Å². The van der Waals surface area contributed by atoms with Gasteiger partial charge in [-0.15, -0.1) is 0 Å². The number of carbonyl (C=O) groups excluding carboxylic acids is 1. The van der Waals surface area contributed by atoms with Gasteiger partial charge in [0.2, 0.25) is 5.91 Å². The summed E-state index contributed by atoms with van der Waals surface area (Å²) in [5.41, 5.74) is 0.820. The molecule has 1 N–H and O–H groups in total. The highest BCUT2D eigenvalue weighted by Gasteiger charge is 2.35. The Kier molecular flexibility index (Phi) is 4.67. The van der Waals surface area contributed by atoms with E-state index in [9.17, 15) is 9.59 Å². The lowest BCUT2D eigenvalue weighted by Crippen LogP contribution is -2.37. The zero-order chi connectivity index (χ0) is 15.4. The molecule has 21 heavy (non-hydrogen) atoms. The molecule has 1 aromatic carbocycles. The maximum Gasteiger partial charge on any atom is 0.326 e. The monoisotopic (exact) mass is 293 g/mol. The molecular formula is C15H19NO5. The van der Waals surface area contributed by atoms with Gasteiger partial charge in [0.1, 0.15) is 6.04 Å². The van der Waals surface area contributed by atoms with Crippen LogP contribution >= 0.6 is 0 Å². The molecule has 1 amide bonds.